The van der Waals surface area contributed by atoms with Crippen LogP contribution >= 0.6 is 11.6 Å². The van der Waals surface area contributed by atoms with Crippen molar-refractivity contribution < 1.29 is 14.3 Å². The average Bonchev–Trinajstić information content (AvgIpc) is 3.26. The van der Waals surface area contributed by atoms with E-state index in [1.165, 1.54) is 12.3 Å². The summed E-state index contributed by atoms with van der Waals surface area (Å²) in [6.45, 7) is 0.655. The second kappa shape index (κ2) is 11.0. The van der Waals surface area contributed by atoms with Crippen molar-refractivity contribution in [2.75, 3.05) is 33.0 Å². The zero-order valence-corrected chi connectivity index (χ0v) is 20.8. The van der Waals surface area contributed by atoms with E-state index in [0.717, 1.165) is 11.0 Å². The van der Waals surface area contributed by atoms with Gasteiger partial charge in [0.15, 0.2) is 5.78 Å². The van der Waals surface area contributed by atoms with Gasteiger partial charge in [0, 0.05) is 43.2 Å². The number of benzene rings is 2. The second-order valence-corrected chi connectivity index (χ2v) is 8.58. The number of amides is 1. The molecule has 0 saturated heterocycles. The zero-order chi connectivity index (χ0) is 25.7. The number of allylic oxidation sites excluding steroid dienone is 1. The molecule has 0 aliphatic heterocycles. The molecule has 0 bridgehead atoms. The summed E-state index contributed by atoms with van der Waals surface area (Å²) in [5.74, 6) is 1.08. The van der Waals surface area contributed by atoms with Gasteiger partial charge < -0.3 is 25.3 Å². The molecule has 0 radical (unpaired) electrons. The predicted molar refractivity (Wildman–Crippen MR) is 141 cm³/mol. The van der Waals surface area contributed by atoms with Crippen LogP contribution in [0.1, 0.15) is 20.8 Å². The molecule has 184 valence electrons. The van der Waals surface area contributed by atoms with Gasteiger partial charge in [-0.1, -0.05) is 17.7 Å². The van der Waals surface area contributed by atoms with E-state index < -0.39 is 0 Å². The molecular formula is C26H25ClN6O3. The van der Waals surface area contributed by atoms with Crippen LogP contribution in [0.5, 0.6) is 11.5 Å². The van der Waals surface area contributed by atoms with E-state index in [4.69, 9.17) is 16.3 Å². The Morgan fingerprint density at radius 1 is 1.11 bits per heavy atom. The maximum absolute atomic E-state index is 12.6. The molecule has 10 heteroatoms. The summed E-state index contributed by atoms with van der Waals surface area (Å²) in [5.41, 5.74) is 2.79. The molecule has 3 N–H and O–H groups in total. The number of nitrogens with zero attached hydrogens (tertiary/aromatic N) is 3. The van der Waals surface area contributed by atoms with E-state index in [-0.39, 0.29) is 17.4 Å². The Labute approximate surface area is 213 Å². The Kier molecular flexibility index (Phi) is 7.62. The van der Waals surface area contributed by atoms with Crippen LogP contribution in [0.2, 0.25) is 5.02 Å². The molecule has 2 aromatic carbocycles. The number of halogens is 1. The molecule has 2 aromatic heterocycles. The highest BCUT2D eigenvalue weighted by molar-refractivity contribution is 6.34. The number of nitrogens with one attached hydrogen (secondary N) is 3. The molecular weight excluding hydrogens is 480 g/mol. The van der Waals surface area contributed by atoms with Crippen molar-refractivity contribution in [3.63, 3.8) is 0 Å². The number of pyridine rings is 1. The number of aromatic nitrogens is 3. The van der Waals surface area contributed by atoms with Gasteiger partial charge in [-0.25, -0.2) is 4.98 Å². The van der Waals surface area contributed by atoms with Crippen LogP contribution in [0.3, 0.4) is 0 Å². The van der Waals surface area contributed by atoms with E-state index >= 15 is 0 Å². The number of fused-ring (bicyclic) bond motifs is 1. The maximum Gasteiger partial charge on any atom is 0.269 e. The highest BCUT2D eigenvalue weighted by Crippen LogP contribution is 2.28. The third-order valence-electron chi connectivity index (χ3n) is 5.11. The summed E-state index contributed by atoms with van der Waals surface area (Å²) < 4.78 is 5.90. The zero-order valence-electron chi connectivity index (χ0n) is 20.0. The summed E-state index contributed by atoms with van der Waals surface area (Å²) in [4.78, 5) is 38.1. The van der Waals surface area contributed by atoms with Crippen LogP contribution in [0.4, 0.5) is 11.6 Å². The lowest BCUT2D eigenvalue weighted by Crippen LogP contribution is -2.18. The molecule has 4 rings (SSSR count). The van der Waals surface area contributed by atoms with Gasteiger partial charge in [0.1, 0.15) is 17.2 Å². The number of ether oxygens (including phenoxy) is 1. The van der Waals surface area contributed by atoms with Crippen LogP contribution in [0, 0.1) is 0 Å². The fraction of sp³-hybridized carbons (Fsp3) is 0.154. The van der Waals surface area contributed by atoms with Crippen molar-refractivity contribution in [3.8, 4) is 11.5 Å². The number of carbonyl (C=O) groups is 2. The first-order chi connectivity index (χ1) is 17.3. The molecule has 2 heterocycles. The lowest BCUT2D eigenvalue weighted by atomic mass is 10.1. The van der Waals surface area contributed by atoms with Crippen molar-refractivity contribution >= 4 is 46.0 Å². The van der Waals surface area contributed by atoms with E-state index in [0.29, 0.717) is 40.3 Å². The molecule has 0 atom stereocenters. The smallest absolute Gasteiger partial charge is 0.269 e. The van der Waals surface area contributed by atoms with Gasteiger partial charge in [-0.15, -0.1) is 0 Å². The number of imidazole rings is 1. The summed E-state index contributed by atoms with van der Waals surface area (Å²) in [7, 11) is 5.40. The molecule has 0 unspecified atom stereocenters. The Balaban J connectivity index is 1.51. The molecule has 4 aromatic rings. The molecule has 36 heavy (non-hydrogen) atoms. The molecule has 0 aliphatic carbocycles. The largest absolute Gasteiger partial charge is 0.457 e. The van der Waals surface area contributed by atoms with Crippen molar-refractivity contribution in [3.05, 3.63) is 83.2 Å². The van der Waals surface area contributed by atoms with Crippen molar-refractivity contribution in [2.24, 2.45) is 0 Å². The fourth-order valence-electron chi connectivity index (χ4n) is 3.36. The van der Waals surface area contributed by atoms with Crippen LogP contribution in [-0.2, 0) is 0 Å². The molecule has 0 fully saturated rings. The van der Waals surface area contributed by atoms with Crippen molar-refractivity contribution in [1.82, 2.24) is 25.2 Å². The third kappa shape index (κ3) is 6.07. The number of carbonyl (C=O) groups excluding carboxylic acids is 2. The van der Waals surface area contributed by atoms with E-state index in [9.17, 15) is 9.59 Å². The van der Waals surface area contributed by atoms with Crippen LogP contribution in [0.15, 0.2) is 66.9 Å². The van der Waals surface area contributed by atoms with Gasteiger partial charge >= 0.3 is 0 Å². The molecule has 0 saturated carbocycles. The van der Waals surface area contributed by atoms with Gasteiger partial charge in [-0.3, -0.25) is 14.6 Å². The highest BCUT2D eigenvalue weighted by atomic mass is 35.5. The Morgan fingerprint density at radius 3 is 2.69 bits per heavy atom. The first kappa shape index (κ1) is 24.9. The number of rotatable bonds is 9. The first-order valence-corrected chi connectivity index (χ1v) is 11.5. The van der Waals surface area contributed by atoms with Crippen LogP contribution in [0.25, 0.3) is 11.0 Å². The molecule has 0 spiro atoms. The third-order valence-corrected chi connectivity index (χ3v) is 5.44. The number of anilines is 2. The molecule has 9 nitrogen and oxygen atoms in total. The van der Waals surface area contributed by atoms with Gasteiger partial charge in [-0.2, -0.15) is 0 Å². The summed E-state index contributed by atoms with van der Waals surface area (Å²) >= 11 is 6.26. The van der Waals surface area contributed by atoms with E-state index in [2.05, 4.69) is 25.6 Å². The number of aromatic amines is 1. The fourth-order valence-corrected chi connectivity index (χ4v) is 3.57. The summed E-state index contributed by atoms with van der Waals surface area (Å²) in [5, 5.41) is 6.10. The van der Waals surface area contributed by atoms with Gasteiger partial charge in [0.2, 0.25) is 5.95 Å². The number of hydrogen-bond donors (Lipinski definition) is 3. The first-order valence-electron chi connectivity index (χ1n) is 11.1. The lowest BCUT2D eigenvalue weighted by Gasteiger charge is -2.07. The Hall–Kier alpha value is -4.21. The van der Waals surface area contributed by atoms with Crippen LogP contribution in [-0.4, -0.2) is 59.2 Å². The van der Waals surface area contributed by atoms with E-state index in [1.54, 1.807) is 55.6 Å². The minimum absolute atomic E-state index is 0.174. The quantitative estimate of drug-likeness (QED) is 0.221. The summed E-state index contributed by atoms with van der Waals surface area (Å²) in [6.07, 6.45) is 4.83. The predicted octanol–water partition coefficient (Wildman–Crippen LogP) is 4.81. The summed E-state index contributed by atoms with van der Waals surface area (Å²) in [6, 6.07) is 13.8. The monoisotopic (exact) mass is 504 g/mol. The van der Waals surface area contributed by atoms with Crippen molar-refractivity contribution in [2.45, 2.75) is 0 Å². The van der Waals surface area contributed by atoms with Gasteiger partial charge in [0.05, 0.1) is 16.1 Å². The van der Waals surface area contributed by atoms with Crippen molar-refractivity contribution in [1.29, 1.82) is 0 Å². The molecule has 1 amide bonds. The average molecular weight is 505 g/mol. The number of likely N-dealkylation sites (N-methyl/N-ethyl adjacent to an activating group) is 1. The van der Waals surface area contributed by atoms with Gasteiger partial charge in [-0.05, 0) is 56.6 Å². The molecule has 0 aliphatic rings. The maximum atomic E-state index is 12.6. The minimum Gasteiger partial charge on any atom is -0.457 e. The second-order valence-electron chi connectivity index (χ2n) is 8.17. The van der Waals surface area contributed by atoms with Crippen LogP contribution < -0.4 is 15.4 Å². The number of ketones is 1. The minimum atomic E-state index is -0.295. The highest BCUT2D eigenvalue weighted by Gasteiger charge is 2.11. The SMILES string of the molecule is CNC(=O)c1cc(Oc2ccc3nc(Nc4ccc(Cl)c(C(=O)C=CCN(C)C)c4)[nH]c3c2)ccn1. The normalized spacial score (nSPS) is 11.2. The Morgan fingerprint density at radius 2 is 1.92 bits per heavy atom. The standard InChI is InChI=1S/C26H25ClN6O3/c1-28-25(35)23-15-18(10-11-29-23)36-17-7-9-21-22(14-17)32-26(31-21)30-16-6-8-20(27)19(13-16)24(34)5-4-12-33(2)3/h4-11,13-15H,12H2,1-3H3,(H,28,35)(H2,30,31,32). The van der Waals surface area contributed by atoms with Gasteiger partial charge in [0.25, 0.3) is 5.91 Å². The lowest BCUT2D eigenvalue weighted by molar-refractivity contribution is 0.0957. The van der Waals surface area contributed by atoms with E-state index in [1.807, 2.05) is 25.1 Å². The Bertz CT molecular complexity index is 1450. The number of hydrogen-bond acceptors (Lipinski definition) is 7. The number of H-pyrrole nitrogens is 1. The topological polar surface area (TPSA) is 112 Å².